The van der Waals surface area contributed by atoms with Gasteiger partial charge in [0.2, 0.25) is 0 Å². The van der Waals surface area contributed by atoms with E-state index in [-0.39, 0.29) is 5.91 Å². The predicted octanol–water partition coefficient (Wildman–Crippen LogP) is 1.83. The van der Waals surface area contributed by atoms with Crippen LogP contribution >= 0.6 is 0 Å². The number of benzene rings is 1. The number of anilines is 2. The minimum atomic E-state index is -0.00999. The van der Waals surface area contributed by atoms with E-state index in [0.717, 1.165) is 5.69 Å². The summed E-state index contributed by atoms with van der Waals surface area (Å²) in [6.07, 6.45) is 0. The van der Waals surface area contributed by atoms with Crippen LogP contribution in [0.3, 0.4) is 0 Å². The van der Waals surface area contributed by atoms with Crippen LogP contribution in [0.4, 0.5) is 11.4 Å². The van der Waals surface area contributed by atoms with Crippen molar-refractivity contribution in [1.29, 1.82) is 0 Å². The molecule has 1 aromatic carbocycles. The van der Waals surface area contributed by atoms with Gasteiger partial charge < -0.3 is 20.3 Å². The van der Waals surface area contributed by atoms with Gasteiger partial charge in [-0.1, -0.05) is 0 Å². The first-order chi connectivity index (χ1) is 9.51. The Morgan fingerprint density at radius 1 is 1.30 bits per heavy atom. The van der Waals surface area contributed by atoms with E-state index in [1.807, 2.05) is 45.0 Å². The third kappa shape index (κ3) is 4.13. The summed E-state index contributed by atoms with van der Waals surface area (Å²) in [6.45, 7) is 6.37. The third-order valence-electron chi connectivity index (χ3n) is 3.13. The Balaban J connectivity index is 2.82. The maximum Gasteiger partial charge on any atom is 0.253 e. The molecule has 1 amide bonds. The molecule has 0 unspecified atom stereocenters. The van der Waals surface area contributed by atoms with Crippen molar-refractivity contribution in [3.8, 4) is 0 Å². The van der Waals surface area contributed by atoms with E-state index in [4.69, 9.17) is 10.5 Å². The first-order valence-electron chi connectivity index (χ1n) is 6.95. The zero-order valence-electron chi connectivity index (χ0n) is 12.8. The highest BCUT2D eigenvalue weighted by Crippen LogP contribution is 2.23. The standard InChI is InChI=1S/C15H25N3O2/c1-5-18(9-10-20-6-2)15(19)12-7-8-14(17(3)4)13(16)11-12/h7-8,11H,5-6,9-10,16H2,1-4H3. The second-order valence-electron chi connectivity index (χ2n) is 4.75. The van der Waals surface area contributed by atoms with Crippen LogP contribution in [0.2, 0.25) is 0 Å². The molecule has 5 nitrogen and oxygen atoms in total. The summed E-state index contributed by atoms with van der Waals surface area (Å²) in [5, 5.41) is 0. The van der Waals surface area contributed by atoms with Gasteiger partial charge in [0, 0.05) is 39.4 Å². The first kappa shape index (κ1) is 16.3. The van der Waals surface area contributed by atoms with Crippen molar-refractivity contribution in [1.82, 2.24) is 4.90 Å². The molecule has 0 spiro atoms. The molecule has 20 heavy (non-hydrogen) atoms. The van der Waals surface area contributed by atoms with Gasteiger partial charge in [0.15, 0.2) is 0 Å². The van der Waals surface area contributed by atoms with Crippen LogP contribution in [0.1, 0.15) is 24.2 Å². The van der Waals surface area contributed by atoms with Crippen LogP contribution in [0.5, 0.6) is 0 Å². The molecule has 0 fully saturated rings. The number of nitrogens with two attached hydrogens (primary N) is 1. The van der Waals surface area contributed by atoms with Crippen molar-refractivity contribution in [2.24, 2.45) is 0 Å². The van der Waals surface area contributed by atoms with E-state index in [0.29, 0.717) is 37.6 Å². The number of carbonyl (C=O) groups excluding carboxylic acids is 1. The number of likely N-dealkylation sites (N-methyl/N-ethyl adjacent to an activating group) is 1. The van der Waals surface area contributed by atoms with Crippen LogP contribution < -0.4 is 10.6 Å². The SMILES string of the molecule is CCOCCN(CC)C(=O)c1ccc(N(C)C)c(N)c1. The second kappa shape index (κ2) is 7.75. The van der Waals surface area contributed by atoms with Crippen molar-refractivity contribution < 1.29 is 9.53 Å². The largest absolute Gasteiger partial charge is 0.397 e. The third-order valence-corrected chi connectivity index (χ3v) is 3.13. The summed E-state index contributed by atoms with van der Waals surface area (Å²) in [5.74, 6) is -0.00999. The molecular weight excluding hydrogens is 254 g/mol. The smallest absolute Gasteiger partial charge is 0.253 e. The average Bonchev–Trinajstić information content (AvgIpc) is 2.42. The number of nitrogens with zero attached hydrogens (tertiary/aromatic N) is 2. The fraction of sp³-hybridized carbons (Fsp3) is 0.533. The lowest BCUT2D eigenvalue weighted by atomic mass is 10.1. The van der Waals surface area contributed by atoms with Crippen molar-refractivity contribution in [2.75, 3.05) is 51.0 Å². The van der Waals surface area contributed by atoms with Gasteiger partial charge in [0.05, 0.1) is 18.0 Å². The Labute approximate surface area is 121 Å². The molecule has 0 heterocycles. The van der Waals surface area contributed by atoms with Gasteiger partial charge in [-0.2, -0.15) is 0 Å². The molecule has 112 valence electrons. The van der Waals surface area contributed by atoms with Gasteiger partial charge in [-0.25, -0.2) is 0 Å². The number of hydrogen-bond acceptors (Lipinski definition) is 4. The predicted molar refractivity (Wildman–Crippen MR) is 83.3 cm³/mol. The molecule has 0 aromatic heterocycles. The molecule has 5 heteroatoms. The van der Waals surface area contributed by atoms with E-state index >= 15 is 0 Å². The van der Waals surface area contributed by atoms with Gasteiger partial charge in [-0.05, 0) is 32.0 Å². The summed E-state index contributed by atoms with van der Waals surface area (Å²) in [7, 11) is 3.85. The molecule has 2 N–H and O–H groups in total. The molecule has 0 radical (unpaired) electrons. The Hall–Kier alpha value is -1.75. The van der Waals surface area contributed by atoms with E-state index in [1.54, 1.807) is 11.0 Å². The molecule has 0 aliphatic carbocycles. The van der Waals surface area contributed by atoms with Gasteiger partial charge >= 0.3 is 0 Å². The molecule has 1 rings (SSSR count). The number of amides is 1. The average molecular weight is 279 g/mol. The van der Waals surface area contributed by atoms with E-state index in [9.17, 15) is 4.79 Å². The fourth-order valence-corrected chi connectivity index (χ4v) is 2.00. The number of carbonyl (C=O) groups is 1. The van der Waals surface area contributed by atoms with Crippen LogP contribution in [0.15, 0.2) is 18.2 Å². The van der Waals surface area contributed by atoms with Crippen LogP contribution in [0.25, 0.3) is 0 Å². The first-order valence-corrected chi connectivity index (χ1v) is 6.95. The lowest BCUT2D eigenvalue weighted by Gasteiger charge is -2.22. The summed E-state index contributed by atoms with van der Waals surface area (Å²) in [6, 6.07) is 5.43. The maximum atomic E-state index is 12.4. The summed E-state index contributed by atoms with van der Waals surface area (Å²) < 4.78 is 5.30. The number of nitrogen functional groups attached to an aromatic ring is 1. The van der Waals surface area contributed by atoms with Crippen LogP contribution in [-0.4, -0.2) is 51.2 Å². The highest BCUT2D eigenvalue weighted by atomic mass is 16.5. The summed E-state index contributed by atoms with van der Waals surface area (Å²) in [5.41, 5.74) is 8.13. The molecule has 0 saturated heterocycles. The van der Waals surface area contributed by atoms with Gasteiger partial charge in [0.25, 0.3) is 5.91 Å². The molecule has 0 aliphatic heterocycles. The number of rotatable bonds is 7. The second-order valence-corrected chi connectivity index (χ2v) is 4.75. The van der Waals surface area contributed by atoms with Gasteiger partial charge in [-0.15, -0.1) is 0 Å². The topological polar surface area (TPSA) is 58.8 Å². The maximum absolute atomic E-state index is 12.4. The van der Waals surface area contributed by atoms with Crippen LogP contribution in [-0.2, 0) is 4.74 Å². The zero-order chi connectivity index (χ0) is 15.1. The van der Waals surface area contributed by atoms with Gasteiger partial charge in [0.1, 0.15) is 0 Å². The Kier molecular flexibility index (Phi) is 6.31. The highest BCUT2D eigenvalue weighted by Gasteiger charge is 2.15. The lowest BCUT2D eigenvalue weighted by molar-refractivity contribution is 0.0669. The van der Waals surface area contributed by atoms with Crippen molar-refractivity contribution in [2.45, 2.75) is 13.8 Å². The van der Waals surface area contributed by atoms with Crippen molar-refractivity contribution in [3.05, 3.63) is 23.8 Å². The lowest BCUT2D eigenvalue weighted by Crippen LogP contribution is -2.34. The highest BCUT2D eigenvalue weighted by molar-refractivity contribution is 5.96. The molecule has 0 saturated carbocycles. The zero-order valence-corrected chi connectivity index (χ0v) is 12.8. The molecular formula is C15H25N3O2. The minimum absolute atomic E-state index is 0.00999. The summed E-state index contributed by atoms with van der Waals surface area (Å²) in [4.78, 5) is 16.1. The van der Waals surface area contributed by atoms with E-state index in [1.165, 1.54) is 0 Å². The molecule has 0 bridgehead atoms. The van der Waals surface area contributed by atoms with Crippen molar-refractivity contribution >= 4 is 17.3 Å². The summed E-state index contributed by atoms with van der Waals surface area (Å²) >= 11 is 0. The number of ether oxygens (including phenoxy) is 1. The minimum Gasteiger partial charge on any atom is -0.397 e. The molecule has 0 atom stereocenters. The molecule has 1 aromatic rings. The normalized spacial score (nSPS) is 10.4. The fourth-order valence-electron chi connectivity index (χ4n) is 2.00. The van der Waals surface area contributed by atoms with Crippen LogP contribution in [0, 0.1) is 0 Å². The van der Waals surface area contributed by atoms with E-state index < -0.39 is 0 Å². The van der Waals surface area contributed by atoms with Crippen molar-refractivity contribution in [3.63, 3.8) is 0 Å². The quantitative estimate of drug-likeness (QED) is 0.611. The Bertz CT molecular complexity index is 447. The molecule has 0 aliphatic rings. The Morgan fingerprint density at radius 3 is 2.50 bits per heavy atom. The monoisotopic (exact) mass is 279 g/mol. The Morgan fingerprint density at radius 2 is 2.00 bits per heavy atom. The van der Waals surface area contributed by atoms with Gasteiger partial charge in [-0.3, -0.25) is 4.79 Å². The van der Waals surface area contributed by atoms with E-state index in [2.05, 4.69) is 0 Å². The number of hydrogen-bond donors (Lipinski definition) is 1.